The van der Waals surface area contributed by atoms with Crippen LogP contribution in [0.4, 0.5) is 26.3 Å². The minimum Gasteiger partial charge on any atom is -0.292 e. The first-order valence-electron chi connectivity index (χ1n) is 8.83. The van der Waals surface area contributed by atoms with Gasteiger partial charge in [-0.15, -0.1) is 0 Å². The van der Waals surface area contributed by atoms with Gasteiger partial charge in [0, 0.05) is 13.1 Å². The highest BCUT2D eigenvalue weighted by atomic mass is 32.2. The molecule has 164 valence electrons. The second-order valence-corrected chi connectivity index (χ2v) is 8.95. The Labute approximate surface area is 169 Å². The van der Waals surface area contributed by atoms with Crippen LogP contribution in [-0.2, 0) is 22.4 Å². The first kappa shape index (κ1) is 22.6. The molecule has 1 heterocycles. The van der Waals surface area contributed by atoms with Gasteiger partial charge in [-0.2, -0.15) is 26.3 Å². The summed E-state index contributed by atoms with van der Waals surface area (Å²) in [5.41, 5.74) is -0.769. The van der Waals surface area contributed by atoms with Crippen molar-refractivity contribution in [1.29, 1.82) is 0 Å². The molecule has 0 amide bonds. The van der Waals surface area contributed by atoms with E-state index in [-0.39, 0.29) is 11.7 Å². The largest absolute Gasteiger partial charge is 0.416 e. The van der Waals surface area contributed by atoms with Crippen molar-refractivity contribution in [3.8, 4) is 0 Å². The number of nitrogens with two attached hydrogens (primary N) is 1. The Morgan fingerprint density at radius 1 is 0.833 bits per heavy atom. The van der Waals surface area contributed by atoms with E-state index in [0.29, 0.717) is 24.2 Å². The minimum atomic E-state index is -4.51. The number of primary sulfonamides is 1. The van der Waals surface area contributed by atoms with Gasteiger partial charge >= 0.3 is 12.4 Å². The van der Waals surface area contributed by atoms with E-state index in [1.807, 2.05) is 0 Å². The highest BCUT2D eigenvalue weighted by molar-refractivity contribution is 7.89. The van der Waals surface area contributed by atoms with Crippen LogP contribution in [-0.4, -0.2) is 32.2 Å². The van der Waals surface area contributed by atoms with Crippen molar-refractivity contribution in [3.63, 3.8) is 0 Å². The molecular weight excluding hydrogens is 434 g/mol. The van der Waals surface area contributed by atoms with Crippen LogP contribution in [0.5, 0.6) is 0 Å². The van der Waals surface area contributed by atoms with E-state index in [4.69, 9.17) is 5.14 Å². The fourth-order valence-electron chi connectivity index (χ4n) is 3.58. The van der Waals surface area contributed by atoms with E-state index in [0.717, 1.165) is 24.3 Å². The Bertz CT molecular complexity index is 922. The molecule has 0 saturated carbocycles. The molecule has 0 atom stereocenters. The maximum absolute atomic E-state index is 12.9. The van der Waals surface area contributed by atoms with E-state index in [9.17, 15) is 34.8 Å². The zero-order valence-electron chi connectivity index (χ0n) is 15.4. The number of rotatable bonds is 5. The first-order valence-corrected chi connectivity index (χ1v) is 10.5. The lowest BCUT2D eigenvalue weighted by molar-refractivity contribution is -0.138. The van der Waals surface area contributed by atoms with Crippen molar-refractivity contribution in [1.82, 2.24) is 4.90 Å². The summed E-state index contributed by atoms with van der Waals surface area (Å²) in [6.07, 6.45) is -9.03. The van der Waals surface area contributed by atoms with Gasteiger partial charge in [-0.1, -0.05) is 24.3 Å². The average molecular weight is 452 g/mol. The van der Waals surface area contributed by atoms with Gasteiger partial charge < -0.3 is 0 Å². The first-order chi connectivity index (χ1) is 13.7. The van der Waals surface area contributed by atoms with Gasteiger partial charge in [0.1, 0.15) is 0 Å². The van der Waals surface area contributed by atoms with Gasteiger partial charge in [0.05, 0.1) is 22.9 Å². The van der Waals surface area contributed by atoms with Crippen molar-refractivity contribution in [3.05, 3.63) is 70.8 Å². The monoisotopic (exact) mass is 452 g/mol. The third-order valence-electron chi connectivity index (χ3n) is 4.93. The molecule has 4 nitrogen and oxygen atoms in total. The minimum absolute atomic E-state index is 0.240. The number of sulfonamides is 1. The van der Waals surface area contributed by atoms with E-state index in [1.165, 1.54) is 24.3 Å². The topological polar surface area (TPSA) is 63.4 Å². The standard InChI is InChI=1S/C19H18F6N2O2S/c20-18(21,22)15-5-1-13(2-6-15)17(27-9-12(10-27)11-30(26,28)29)14-3-7-16(8-4-14)19(23,24)25/h1-8,12,17H,9-11H2,(H2,26,28,29). The number of nitrogens with zero attached hydrogens (tertiary/aromatic N) is 1. The Kier molecular flexibility index (Phi) is 5.91. The maximum Gasteiger partial charge on any atom is 0.416 e. The summed E-state index contributed by atoms with van der Waals surface area (Å²) in [5.74, 6) is -0.498. The predicted octanol–water partition coefficient (Wildman–Crippen LogP) is 4.03. The lowest BCUT2D eigenvalue weighted by atomic mass is 9.90. The molecule has 1 saturated heterocycles. The molecule has 30 heavy (non-hydrogen) atoms. The Hall–Kier alpha value is -2.11. The second-order valence-electron chi connectivity index (χ2n) is 7.29. The SMILES string of the molecule is NS(=O)(=O)CC1CN(C(c2ccc(C(F)(F)F)cc2)c2ccc(C(F)(F)F)cc2)C1. The summed E-state index contributed by atoms with van der Waals surface area (Å²) in [7, 11) is -3.68. The van der Waals surface area contributed by atoms with Crippen LogP contribution in [0.25, 0.3) is 0 Å². The fraction of sp³-hybridized carbons (Fsp3) is 0.368. The molecule has 0 bridgehead atoms. The number of halogens is 6. The highest BCUT2D eigenvalue weighted by Gasteiger charge is 2.37. The molecular formula is C19H18F6N2O2S. The summed E-state index contributed by atoms with van der Waals surface area (Å²) in [6, 6.07) is 8.13. The smallest absolute Gasteiger partial charge is 0.292 e. The van der Waals surface area contributed by atoms with Crippen molar-refractivity contribution in [2.75, 3.05) is 18.8 Å². The molecule has 2 N–H and O–H groups in total. The van der Waals surface area contributed by atoms with E-state index in [2.05, 4.69) is 0 Å². The molecule has 11 heteroatoms. The van der Waals surface area contributed by atoms with Crippen LogP contribution in [0.3, 0.4) is 0 Å². The van der Waals surface area contributed by atoms with Crippen LogP contribution in [0.1, 0.15) is 28.3 Å². The normalized spacial score (nSPS) is 16.7. The summed E-state index contributed by atoms with van der Waals surface area (Å²) in [6.45, 7) is 0.590. The van der Waals surface area contributed by atoms with Crippen molar-refractivity contribution in [2.24, 2.45) is 11.1 Å². The van der Waals surface area contributed by atoms with Crippen molar-refractivity contribution < 1.29 is 34.8 Å². The Morgan fingerprint density at radius 3 is 1.50 bits per heavy atom. The van der Waals surface area contributed by atoms with Crippen LogP contribution in [0.15, 0.2) is 48.5 Å². The lowest BCUT2D eigenvalue weighted by Crippen LogP contribution is -2.51. The molecule has 0 aliphatic carbocycles. The zero-order valence-corrected chi connectivity index (χ0v) is 16.2. The fourth-order valence-corrected chi connectivity index (χ4v) is 4.45. The average Bonchev–Trinajstić information content (AvgIpc) is 2.58. The number of hydrogen-bond acceptors (Lipinski definition) is 3. The molecule has 0 radical (unpaired) electrons. The Morgan fingerprint density at radius 2 is 1.20 bits per heavy atom. The third kappa shape index (κ3) is 5.32. The van der Waals surface area contributed by atoms with Crippen LogP contribution in [0.2, 0.25) is 0 Å². The molecule has 2 aromatic carbocycles. The lowest BCUT2D eigenvalue weighted by Gasteiger charge is -2.44. The van der Waals surface area contributed by atoms with Crippen molar-refractivity contribution >= 4 is 10.0 Å². The van der Waals surface area contributed by atoms with E-state index >= 15 is 0 Å². The molecule has 0 spiro atoms. The molecule has 0 aromatic heterocycles. The number of alkyl halides is 6. The third-order valence-corrected chi connectivity index (χ3v) is 5.86. The van der Waals surface area contributed by atoms with Crippen LogP contribution in [0, 0.1) is 5.92 Å². The zero-order chi connectivity index (χ0) is 22.3. The number of likely N-dealkylation sites (tertiary alicyclic amines) is 1. The van der Waals surface area contributed by atoms with Crippen LogP contribution >= 0.6 is 0 Å². The van der Waals surface area contributed by atoms with Gasteiger partial charge in [0.15, 0.2) is 0 Å². The number of benzene rings is 2. The van der Waals surface area contributed by atoms with Gasteiger partial charge in [-0.05, 0) is 41.3 Å². The van der Waals surface area contributed by atoms with Crippen LogP contribution < -0.4 is 5.14 Å². The molecule has 1 aliphatic rings. The van der Waals surface area contributed by atoms with Gasteiger partial charge in [-0.25, -0.2) is 13.6 Å². The highest BCUT2D eigenvalue weighted by Crippen LogP contribution is 2.38. The molecule has 0 unspecified atom stereocenters. The van der Waals surface area contributed by atoms with Gasteiger partial charge in [0.25, 0.3) is 0 Å². The molecule has 1 fully saturated rings. The molecule has 2 aromatic rings. The maximum atomic E-state index is 12.9. The van der Waals surface area contributed by atoms with Crippen molar-refractivity contribution in [2.45, 2.75) is 18.4 Å². The van der Waals surface area contributed by atoms with E-state index in [1.54, 1.807) is 4.90 Å². The Balaban J connectivity index is 1.90. The van der Waals surface area contributed by atoms with Gasteiger partial charge in [-0.3, -0.25) is 4.90 Å². The summed E-state index contributed by atoms with van der Waals surface area (Å²) in [4.78, 5) is 1.79. The summed E-state index contributed by atoms with van der Waals surface area (Å²) in [5, 5.41) is 5.05. The molecule has 3 rings (SSSR count). The summed E-state index contributed by atoms with van der Waals surface area (Å²) >= 11 is 0. The predicted molar refractivity (Wildman–Crippen MR) is 97.8 cm³/mol. The molecule has 1 aliphatic heterocycles. The quantitative estimate of drug-likeness (QED) is 0.697. The summed E-state index contributed by atoms with van der Waals surface area (Å²) < 4.78 is 99.7. The second kappa shape index (κ2) is 7.86. The van der Waals surface area contributed by atoms with Gasteiger partial charge in [0.2, 0.25) is 10.0 Å². The number of hydrogen-bond donors (Lipinski definition) is 1. The van der Waals surface area contributed by atoms with E-state index < -0.39 is 39.5 Å².